The molecule has 0 aliphatic rings. The Balaban J connectivity index is 1.37. The Morgan fingerprint density at radius 1 is 0.627 bits per heavy atom. The maximum absolute atomic E-state index is 11.3. The Kier molecular flexibility index (Phi) is 10.4. The van der Waals surface area contributed by atoms with Crippen molar-refractivity contribution >= 4 is 40.4 Å². The van der Waals surface area contributed by atoms with Gasteiger partial charge in [-0.1, -0.05) is 36.4 Å². The van der Waals surface area contributed by atoms with E-state index in [9.17, 15) is 9.90 Å². The molecule has 6 aromatic rings. The third-order valence-electron chi connectivity index (χ3n) is 8.36. The van der Waals surface area contributed by atoms with Crippen molar-refractivity contribution in [3.8, 4) is 61.8 Å². The van der Waals surface area contributed by atoms with Crippen LogP contribution in [0.25, 0.3) is 38.8 Å². The summed E-state index contributed by atoms with van der Waals surface area (Å²) in [5.74, 6) is 1.64. The predicted octanol–water partition coefficient (Wildman–Crippen LogP) is 10.2. The molecule has 8 nitrogen and oxygen atoms in total. The van der Waals surface area contributed by atoms with E-state index in [1.54, 1.807) is 34.5 Å². The summed E-state index contributed by atoms with van der Waals surface area (Å²) in [6.45, 7) is 0. The van der Waals surface area contributed by atoms with Crippen molar-refractivity contribution < 1.29 is 28.8 Å². The highest BCUT2D eigenvalue weighted by Crippen LogP contribution is 2.41. The summed E-state index contributed by atoms with van der Waals surface area (Å²) in [6.07, 6.45) is 1.39. The minimum Gasteiger partial charge on any atom is -0.497 e. The molecule has 6 rings (SSSR count). The lowest BCUT2D eigenvalue weighted by atomic mass is 10.0. The van der Waals surface area contributed by atoms with Crippen LogP contribution in [0.2, 0.25) is 0 Å². The largest absolute Gasteiger partial charge is 0.497 e. The number of carbonyl (C=O) groups is 1. The number of thiophene rings is 1. The smallest absolute Gasteiger partial charge is 0.346 e. The van der Waals surface area contributed by atoms with E-state index in [4.69, 9.17) is 24.2 Å². The highest BCUT2D eigenvalue weighted by molar-refractivity contribution is 7.16. The number of nitrogens with zero attached hydrogens (tertiary/aromatic N) is 2. The van der Waals surface area contributed by atoms with E-state index >= 15 is 0 Å². The first kappa shape index (κ1) is 34.4. The number of rotatable bonds is 12. The van der Waals surface area contributed by atoms with Gasteiger partial charge in [-0.25, -0.2) is 4.79 Å². The van der Waals surface area contributed by atoms with Gasteiger partial charge in [0.2, 0.25) is 0 Å². The number of benzene rings is 5. The Morgan fingerprint density at radius 2 is 1.08 bits per heavy atom. The van der Waals surface area contributed by atoms with Gasteiger partial charge in [0.1, 0.15) is 34.6 Å². The lowest BCUT2D eigenvalue weighted by Crippen LogP contribution is -2.09. The molecule has 1 heterocycles. The molecule has 0 fully saturated rings. The second-order valence-corrected chi connectivity index (χ2v) is 12.4. The standard InChI is InChI=1S/C42H34N2O6S/c1-47-34-17-20-37(39(24-34)49-3)27-5-11-31(12-6-27)44(32-13-7-28(8-14-32)38-21-18-35(48-2)25-40(38)50-4)33-15-9-29(10-16-33)41-22-19-36(51-41)23-30(26-43)42(45)46/h5-25H,1-4H3,(H,45,46)/b30-23+. The summed E-state index contributed by atoms with van der Waals surface area (Å²) in [5.41, 5.74) is 7.43. The SMILES string of the molecule is COc1ccc(-c2ccc(N(c3ccc(-c4ccc(/C=C(\C#N)C(=O)O)s4)cc3)c3ccc(-c4ccc(OC)cc4OC)cc3)cc2)c(OC)c1. The van der Waals surface area contributed by atoms with E-state index in [-0.39, 0.29) is 5.57 Å². The minimum atomic E-state index is -1.25. The molecule has 0 amide bonds. The maximum atomic E-state index is 11.3. The van der Waals surface area contributed by atoms with Crippen LogP contribution < -0.4 is 23.8 Å². The highest BCUT2D eigenvalue weighted by atomic mass is 32.1. The van der Waals surface area contributed by atoms with Gasteiger partial charge in [0.25, 0.3) is 0 Å². The first-order valence-electron chi connectivity index (χ1n) is 15.9. The van der Waals surface area contributed by atoms with Gasteiger partial charge in [0.15, 0.2) is 0 Å². The topological polar surface area (TPSA) is 101 Å². The van der Waals surface area contributed by atoms with Crippen LogP contribution in [-0.4, -0.2) is 39.5 Å². The van der Waals surface area contributed by atoms with E-state index in [1.807, 2.05) is 60.7 Å². The average Bonchev–Trinajstić information content (AvgIpc) is 3.66. The molecule has 1 aromatic heterocycles. The molecule has 0 aliphatic heterocycles. The van der Waals surface area contributed by atoms with Gasteiger partial charge in [-0.3, -0.25) is 0 Å². The van der Waals surface area contributed by atoms with Gasteiger partial charge < -0.3 is 29.0 Å². The van der Waals surface area contributed by atoms with Crippen LogP contribution >= 0.6 is 11.3 Å². The first-order chi connectivity index (χ1) is 24.8. The van der Waals surface area contributed by atoms with Crippen LogP contribution in [0, 0.1) is 11.3 Å². The Labute approximate surface area is 300 Å². The molecule has 0 aliphatic carbocycles. The Hall–Kier alpha value is -6.50. The maximum Gasteiger partial charge on any atom is 0.346 e. The molecule has 0 atom stereocenters. The second-order valence-electron chi connectivity index (χ2n) is 11.3. The van der Waals surface area contributed by atoms with E-state index in [1.165, 1.54) is 17.4 Å². The fourth-order valence-electron chi connectivity index (χ4n) is 5.75. The molecule has 1 N–H and O–H groups in total. The van der Waals surface area contributed by atoms with Crippen molar-refractivity contribution in [2.24, 2.45) is 0 Å². The van der Waals surface area contributed by atoms with E-state index < -0.39 is 5.97 Å². The summed E-state index contributed by atoms with van der Waals surface area (Å²) < 4.78 is 22.1. The van der Waals surface area contributed by atoms with Crippen LogP contribution in [0.4, 0.5) is 17.1 Å². The van der Waals surface area contributed by atoms with E-state index in [2.05, 4.69) is 65.6 Å². The number of hydrogen-bond donors (Lipinski definition) is 1. The third-order valence-corrected chi connectivity index (χ3v) is 9.45. The first-order valence-corrected chi connectivity index (χ1v) is 16.7. The molecule has 0 bridgehead atoms. The van der Waals surface area contributed by atoms with Gasteiger partial charge in [-0.05, 0) is 95.6 Å². The van der Waals surface area contributed by atoms with Crippen molar-refractivity contribution in [1.82, 2.24) is 0 Å². The minimum absolute atomic E-state index is 0.303. The summed E-state index contributed by atoms with van der Waals surface area (Å²) in [5, 5.41) is 18.4. The Morgan fingerprint density at radius 3 is 1.47 bits per heavy atom. The molecule has 0 radical (unpaired) electrons. The fourth-order valence-corrected chi connectivity index (χ4v) is 6.70. The number of aliphatic carboxylic acids is 1. The monoisotopic (exact) mass is 694 g/mol. The van der Waals surface area contributed by atoms with Crippen LogP contribution in [0.15, 0.2) is 127 Å². The van der Waals surface area contributed by atoms with Gasteiger partial charge in [0.05, 0.1) is 28.4 Å². The fraction of sp³-hybridized carbons (Fsp3) is 0.0952. The zero-order valence-corrected chi connectivity index (χ0v) is 29.2. The highest BCUT2D eigenvalue weighted by Gasteiger charge is 2.16. The number of ether oxygens (including phenoxy) is 4. The summed E-state index contributed by atoms with van der Waals surface area (Å²) in [4.78, 5) is 15.2. The number of carboxylic acids is 1. The lowest BCUT2D eigenvalue weighted by Gasteiger charge is -2.26. The summed E-state index contributed by atoms with van der Waals surface area (Å²) in [7, 11) is 6.56. The molecular formula is C42H34N2O6S. The van der Waals surface area contributed by atoms with Crippen molar-refractivity contribution in [3.05, 3.63) is 132 Å². The number of methoxy groups -OCH3 is 4. The zero-order valence-electron chi connectivity index (χ0n) is 28.4. The van der Waals surface area contributed by atoms with Gasteiger partial charge in [-0.15, -0.1) is 11.3 Å². The molecule has 0 saturated carbocycles. The van der Waals surface area contributed by atoms with Crippen molar-refractivity contribution in [3.63, 3.8) is 0 Å². The second kappa shape index (κ2) is 15.4. The third kappa shape index (κ3) is 7.42. The van der Waals surface area contributed by atoms with Crippen molar-refractivity contribution in [1.29, 1.82) is 5.26 Å². The zero-order chi connectivity index (χ0) is 35.9. The van der Waals surface area contributed by atoms with Crippen LogP contribution in [0.1, 0.15) is 4.88 Å². The molecule has 254 valence electrons. The van der Waals surface area contributed by atoms with Crippen molar-refractivity contribution in [2.45, 2.75) is 0 Å². The number of nitriles is 1. The van der Waals surface area contributed by atoms with E-state index in [0.717, 1.165) is 72.8 Å². The van der Waals surface area contributed by atoms with Crippen LogP contribution in [-0.2, 0) is 4.79 Å². The van der Waals surface area contributed by atoms with Gasteiger partial charge in [0, 0.05) is 50.1 Å². The number of carboxylic acid groups (broad SMARTS) is 1. The predicted molar refractivity (Wildman–Crippen MR) is 203 cm³/mol. The van der Waals surface area contributed by atoms with Gasteiger partial charge in [-0.2, -0.15) is 5.26 Å². The normalized spacial score (nSPS) is 11.0. The molecule has 9 heteroatoms. The Bertz CT molecular complexity index is 2140. The average molecular weight is 695 g/mol. The molecule has 51 heavy (non-hydrogen) atoms. The summed E-state index contributed by atoms with van der Waals surface area (Å²) in [6, 6.07) is 41.9. The number of anilines is 3. The molecular weight excluding hydrogens is 661 g/mol. The van der Waals surface area contributed by atoms with E-state index in [0.29, 0.717) is 4.88 Å². The lowest BCUT2D eigenvalue weighted by molar-refractivity contribution is -0.132. The van der Waals surface area contributed by atoms with Gasteiger partial charge >= 0.3 is 5.97 Å². The van der Waals surface area contributed by atoms with Crippen LogP contribution in [0.5, 0.6) is 23.0 Å². The quantitative estimate of drug-likeness (QED) is 0.0998. The van der Waals surface area contributed by atoms with Crippen LogP contribution in [0.3, 0.4) is 0 Å². The molecule has 0 saturated heterocycles. The molecule has 0 unspecified atom stereocenters. The summed E-state index contributed by atoms with van der Waals surface area (Å²) >= 11 is 1.42. The molecule has 0 spiro atoms. The number of hydrogen-bond acceptors (Lipinski definition) is 8. The van der Waals surface area contributed by atoms with Crippen molar-refractivity contribution in [2.75, 3.05) is 33.3 Å². The molecule has 5 aromatic carbocycles.